The highest BCUT2D eigenvalue weighted by Crippen LogP contribution is 2.16. The Balaban J connectivity index is 1.51. The molecule has 1 aromatic carbocycles. The van der Waals surface area contributed by atoms with Crippen LogP contribution in [-0.4, -0.2) is 18.2 Å². The fourth-order valence-corrected chi connectivity index (χ4v) is 2.11. The molecule has 0 bridgehead atoms. The monoisotopic (exact) mass is 311 g/mol. The first-order chi connectivity index (χ1) is 11.2. The van der Waals surface area contributed by atoms with Gasteiger partial charge in [0.1, 0.15) is 11.3 Å². The zero-order valence-corrected chi connectivity index (χ0v) is 12.8. The Morgan fingerprint density at radius 2 is 1.91 bits per heavy atom. The third-order valence-corrected chi connectivity index (χ3v) is 3.31. The van der Waals surface area contributed by atoms with Gasteiger partial charge in [0.25, 0.3) is 0 Å². The van der Waals surface area contributed by atoms with Crippen LogP contribution < -0.4 is 15.1 Å². The van der Waals surface area contributed by atoms with E-state index in [0.29, 0.717) is 25.2 Å². The first kappa shape index (κ1) is 15.1. The van der Waals surface area contributed by atoms with Crippen LogP contribution in [0.2, 0.25) is 0 Å². The van der Waals surface area contributed by atoms with Gasteiger partial charge in [-0.15, -0.1) is 0 Å². The molecule has 0 atom stereocenters. The van der Waals surface area contributed by atoms with Crippen molar-refractivity contribution in [2.75, 3.05) is 13.2 Å². The third kappa shape index (κ3) is 3.88. The summed E-state index contributed by atoms with van der Waals surface area (Å²) in [5.41, 5.74) is 1.04. The van der Waals surface area contributed by atoms with Crippen LogP contribution in [0.3, 0.4) is 0 Å². The Morgan fingerprint density at radius 1 is 1.09 bits per heavy atom. The SMILES string of the molecule is Cc1ccc(OCCCOc2cc3ccccc3oc2=O)cn1. The van der Waals surface area contributed by atoms with Crippen LogP contribution in [0.1, 0.15) is 12.1 Å². The van der Waals surface area contributed by atoms with Gasteiger partial charge in [0.05, 0.1) is 19.4 Å². The maximum Gasteiger partial charge on any atom is 0.379 e. The van der Waals surface area contributed by atoms with Gasteiger partial charge in [0.2, 0.25) is 5.75 Å². The number of nitrogens with zero attached hydrogens (tertiary/aromatic N) is 1. The number of rotatable bonds is 6. The Bertz CT molecular complexity index is 840. The first-order valence-electron chi connectivity index (χ1n) is 7.43. The van der Waals surface area contributed by atoms with E-state index in [0.717, 1.165) is 16.8 Å². The maximum absolute atomic E-state index is 11.8. The van der Waals surface area contributed by atoms with Crippen molar-refractivity contribution in [3.8, 4) is 11.5 Å². The summed E-state index contributed by atoms with van der Waals surface area (Å²) >= 11 is 0. The molecule has 118 valence electrons. The van der Waals surface area contributed by atoms with E-state index >= 15 is 0 Å². The standard InChI is InChI=1S/C18H17NO4/c1-13-7-8-15(12-19-13)21-9-4-10-22-17-11-14-5-2-3-6-16(14)23-18(17)20/h2-3,5-8,11-12H,4,9-10H2,1H3. The second-order valence-corrected chi connectivity index (χ2v) is 5.12. The number of fused-ring (bicyclic) bond motifs is 1. The van der Waals surface area contributed by atoms with Gasteiger partial charge in [0, 0.05) is 17.5 Å². The molecule has 0 spiro atoms. The molecule has 2 aromatic heterocycles. The summed E-state index contributed by atoms with van der Waals surface area (Å²) in [5.74, 6) is 0.946. The number of pyridine rings is 1. The van der Waals surface area contributed by atoms with E-state index in [1.54, 1.807) is 18.3 Å². The summed E-state index contributed by atoms with van der Waals surface area (Å²) in [7, 11) is 0. The summed E-state index contributed by atoms with van der Waals surface area (Å²) in [6.45, 7) is 2.79. The molecule has 2 heterocycles. The zero-order valence-electron chi connectivity index (χ0n) is 12.8. The maximum atomic E-state index is 11.8. The third-order valence-electron chi connectivity index (χ3n) is 3.31. The van der Waals surface area contributed by atoms with Crippen molar-refractivity contribution >= 4 is 11.0 Å². The molecule has 0 aliphatic heterocycles. The molecule has 5 heteroatoms. The number of hydrogen-bond acceptors (Lipinski definition) is 5. The Morgan fingerprint density at radius 3 is 2.74 bits per heavy atom. The minimum atomic E-state index is -0.465. The molecule has 5 nitrogen and oxygen atoms in total. The van der Waals surface area contributed by atoms with E-state index in [-0.39, 0.29) is 5.75 Å². The summed E-state index contributed by atoms with van der Waals surface area (Å²) in [4.78, 5) is 16.0. The average molecular weight is 311 g/mol. The fraction of sp³-hybridized carbons (Fsp3) is 0.222. The lowest BCUT2D eigenvalue weighted by molar-refractivity contribution is 0.241. The van der Waals surface area contributed by atoms with Crippen LogP contribution >= 0.6 is 0 Å². The molecule has 23 heavy (non-hydrogen) atoms. The predicted molar refractivity (Wildman–Crippen MR) is 87.1 cm³/mol. The summed E-state index contributed by atoms with van der Waals surface area (Å²) in [6.07, 6.45) is 2.34. The van der Waals surface area contributed by atoms with Crippen molar-refractivity contribution in [1.82, 2.24) is 4.98 Å². The Labute approximate surface area is 133 Å². The molecule has 0 N–H and O–H groups in total. The molecule has 0 saturated heterocycles. The lowest BCUT2D eigenvalue weighted by atomic mass is 10.2. The molecular weight excluding hydrogens is 294 g/mol. The molecule has 3 aromatic rings. The summed E-state index contributed by atoms with van der Waals surface area (Å²) < 4.78 is 16.3. The Hall–Kier alpha value is -2.82. The van der Waals surface area contributed by atoms with Crippen LogP contribution in [0.15, 0.2) is 57.9 Å². The normalized spacial score (nSPS) is 10.7. The van der Waals surface area contributed by atoms with Gasteiger partial charge in [-0.2, -0.15) is 0 Å². The number of para-hydroxylation sites is 1. The van der Waals surface area contributed by atoms with E-state index in [2.05, 4.69) is 4.98 Å². The lowest BCUT2D eigenvalue weighted by Crippen LogP contribution is -2.10. The van der Waals surface area contributed by atoms with Crippen molar-refractivity contribution in [1.29, 1.82) is 0 Å². The Kier molecular flexibility index (Phi) is 4.57. The molecule has 0 saturated carbocycles. The van der Waals surface area contributed by atoms with Crippen LogP contribution in [0.25, 0.3) is 11.0 Å². The number of benzene rings is 1. The van der Waals surface area contributed by atoms with Gasteiger partial charge in [-0.25, -0.2) is 4.79 Å². The molecule has 0 unspecified atom stereocenters. The van der Waals surface area contributed by atoms with E-state index in [4.69, 9.17) is 13.9 Å². The molecule has 3 rings (SSSR count). The van der Waals surface area contributed by atoms with Crippen molar-refractivity contribution in [3.05, 3.63) is 64.8 Å². The topological polar surface area (TPSA) is 61.6 Å². The fourth-order valence-electron chi connectivity index (χ4n) is 2.11. The largest absolute Gasteiger partial charge is 0.492 e. The number of aryl methyl sites for hydroxylation is 1. The second-order valence-electron chi connectivity index (χ2n) is 5.12. The molecule has 0 radical (unpaired) electrons. The van der Waals surface area contributed by atoms with Crippen molar-refractivity contribution in [3.63, 3.8) is 0 Å². The van der Waals surface area contributed by atoms with Gasteiger partial charge in [-0.05, 0) is 31.2 Å². The van der Waals surface area contributed by atoms with Crippen molar-refractivity contribution in [2.45, 2.75) is 13.3 Å². The number of hydrogen-bond donors (Lipinski definition) is 0. The van der Waals surface area contributed by atoms with E-state index in [1.807, 2.05) is 37.3 Å². The van der Waals surface area contributed by atoms with Gasteiger partial charge >= 0.3 is 5.63 Å². The smallest absolute Gasteiger partial charge is 0.379 e. The van der Waals surface area contributed by atoms with E-state index in [9.17, 15) is 4.79 Å². The minimum absolute atomic E-state index is 0.223. The van der Waals surface area contributed by atoms with Crippen LogP contribution in [-0.2, 0) is 0 Å². The van der Waals surface area contributed by atoms with Crippen LogP contribution in [0.5, 0.6) is 11.5 Å². The van der Waals surface area contributed by atoms with Crippen molar-refractivity contribution < 1.29 is 13.9 Å². The zero-order chi connectivity index (χ0) is 16.1. The number of ether oxygens (including phenoxy) is 2. The lowest BCUT2D eigenvalue weighted by Gasteiger charge is -2.07. The molecule has 0 aliphatic carbocycles. The summed E-state index contributed by atoms with van der Waals surface area (Å²) in [6, 6.07) is 12.8. The highest BCUT2D eigenvalue weighted by atomic mass is 16.5. The van der Waals surface area contributed by atoms with Crippen molar-refractivity contribution in [2.24, 2.45) is 0 Å². The molecular formula is C18H17NO4. The predicted octanol–water partition coefficient (Wildman–Crippen LogP) is 3.34. The number of aromatic nitrogens is 1. The highest BCUT2D eigenvalue weighted by molar-refractivity contribution is 5.77. The van der Waals surface area contributed by atoms with Gasteiger partial charge < -0.3 is 13.9 Å². The highest BCUT2D eigenvalue weighted by Gasteiger charge is 2.05. The first-order valence-corrected chi connectivity index (χ1v) is 7.43. The van der Waals surface area contributed by atoms with Gasteiger partial charge in [0.15, 0.2) is 0 Å². The van der Waals surface area contributed by atoms with Crippen LogP contribution in [0.4, 0.5) is 0 Å². The molecule has 0 fully saturated rings. The van der Waals surface area contributed by atoms with Crippen LogP contribution in [0, 0.1) is 6.92 Å². The van der Waals surface area contributed by atoms with E-state index in [1.165, 1.54) is 0 Å². The average Bonchev–Trinajstić information content (AvgIpc) is 2.56. The van der Waals surface area contributed by atoms with Gasteiger partial charge in [-0.1, -0.05) is 18.2 Å². The molecule has 0 aliphatic rings. The molecule has 0 amide bonds. The second kappa shape index (κ2) is 6.96. The minimum Gasteiger partial charge on any atom is -0.492 e. The summed E-state index contributed by atoms with van der Waals surface area (Å²) in [5, 5.41) is 0.837. The quantitative estimate of drug-likeness (QED) is 0.516. The van der Waals surface area contributed by atoms with Gasteiger partial charge in [-0.3, -0.25) is 4.98 Å². The van der Waals surface area contributed by atoms with E-state index < -0.39 is 5.63 Å².